The third-order valence-electron chi connectivity index (χ3n) is 2.10. The largest absolute Gasteiger partial charge is 0.448 e. The predicted octanol–water partition coefficient (Wildman–Crippen LogP) is 0.490. The zero-order valence-corrected chi connectivity index (χ0v) is 11.7. The summed E-state index contributed by atoms with van der Waals surface area (Å²) in [5.74, 6) is 0. The van der Waals surface area contributed by atoms with E-state index >= 15 is 0 Å². The minimum atomic E-state index is -2.66. The van der Waals surface area contributed by atoms with E-state index in [0.717, 1.165) is 0 Å². The van der Waals surface area contributed by atoms with Crippen LogP contribution in [-0.4, -0.2) is 45.9 Å². The van der Waals surface area contributed by atoms with Crippen LogP contribution in [0, 0.1) is 0 Å². The van der Waals surface area contributed by atoms with Crippen LogP contribution in [0.25, 0.3) is 0 Å². The van der Waals surface area contributed by atoms with Crippen molar-refractivity contribution in [3.63, 3.8) is 0 Å². The molecule has 5 nitrogen and oxygen atoms in total. The molecule has 0 saturated carbocycles. The highest BCUT2D eigenvalue weighted by Crippen LogP contribution is 2.10. The van der Waals surface area contributed by atoms with Gasteiger partial charge in [-0.3, -0.25) is 4.65 Å². The van der Waals surface area contributed by atoms with E-state index < -0.39 is 17.4 Å². The molecular weight excluding hydrogens is 230 g/mol. The van der Waals surface area contributed by atoms with Crippen LogP contribution in [0.2, 0.25) is 0 Å². The molecule has 0 heterocycles. The summed E-state index contributed by atoms with van der Waals surface area (Å²) in [4.78, 5) is 0. The van der Waals surface area contributed by atoms with Crippen molar-refractivity contribution in [2.75, 3.05) is 28.4 Å². The Bertz CT molecular complexity index is 195. The summed E-state index contributed by atoms with van der Waals surface area (Å²) in [6.45, 7) is 7.38. The van der Waals surface area contributed by atoms with Gasteiger partial charge in [0.2, 0.25) is 0 Å². The highest BCUT2D eigenvalue weighted by atomic mass is 28.4. The standard InChI is InChI=1S/C8H19NO4Si2/c1-7-14(10-3,11-4)9-15(8-2,12-5)13-6/h7-9H,1-2H2,3-6H3. The number of hydrogen-bond donors (Lipinski definition) is 1. The zero-order chi connectivity index (χ0) is 11.9. The lowest BCUT2D eigenvalue weighted by atomic mass is 11.3. The molecule has 1 N–H and O–H groups in total. The fourth-order valence-corrected chi connectivity index (χ4v) is 6.44. The molecule has 88 valence electrons. The van der Waals surface area contributed by atoms with Crippen molar-refractivity contribution in [1.29, 1.82) is 0 Å². The van der Waals surface area contributed by atoms with Gasteiger partial charge in [0.25, 0.3) is 0 Å². The Morgan fingerprint density at radius 2 is 1.07 bits per heavy atom. The topological polar surface area (TPSA) is 49.0 Å². The van der Waals surface area contributed by atoms with Crippen molar-refractivity contribution in [2.45, 2.75) is 0 Å². The van der Waals surface area contributed by atoms with Crippen molar-refractivity contribution in [2.24, 2.45) is 0 Å². The molecule has 0 aliphatic heterocycles. The SMILES string of the molecule is C=C[Si](N[Si](C=C)(OC)OC)(OC)OC. The molecule has 15 heavy (non-hydrogen) atoms. The van der Waals surface area contributed by atoms with E-state index in [4.69, 9.17) is 17.7 Å². The lowest BCUT2D eigenvalue weighted by Gasteiger charge is -2.32. The molecule has 0 unspecified atom stereocenters. The maximum atomic E-state index is 5.31. The van der Waals surface area contributed by atoms with E-state index in [1.807, 2.05) is 0 Å². The molecule has 7 heteroatoms. The van der Waals surface area contributed by atoms with Crippen LogP contribution in [0.4, 0.5) is 0 Å². The molecule has 0 bridgehead atoms. The molecule has 0 atom stereocenters. The average Bonchev–Trinajstić information content (AvgIpc) is 2.33. The van der Waals surface area contributed by atoms with Crippen LogP contribution in [0.15, 0.2) is 24.6 Å². The third kappa shape index (κ3) is 3.35. The molecule has 0 aliphatic rings. The maximum absolute atomic E-state index is 5.31. The van der Waals surface area contributed by atoms with Crippen molar-refractivity contribution in [1.82, 2.24) is 4.65 Å². The Morgan fingerprint density at radius 1 is 0.800 bits per heavy atom. The lowest BCUT2D eigenvalue weighted by molar-refractivity contribution is 0.216. The molecule has 0 spiro atoms. The summed E-state index contributed by atoms with van der Waals surface area (Å²) in [5, 5.41) is 0. The van der Waals surface area contributed by atoms with Gasteiger partial charge in [-0.1, -0.05) is 0 Å². The van der Waals surface area contributed by atoms with E-state index in [0.29, 0.717) is 0 Å². The fraction of sp³-hybridized carbons (Fsp3) is 0.500. The summed E-state index contributed by atoms with van der Waals surface area (Å²) in [5.41, 5.74) is 3.24. The molecule has 0 aromatic rings. The van der Waals surface area contributed by atoms with Gasteiger partial charge in [0.1, 0.15) is 0 Å². The normalized spacial score (nSPS) is 12.5. The second kappa shape index (κ2) is 6.33. The van der Waals surface area contributed by atoms with E-state index in [1.54, 1.807) is 39.8 Å². The van der Waals surface area contributed by atoms with Gasteiger partial charge in [-0.25, -0.2) is 0 Å². The smallest absolute Gasteiger partial charge is 0.383 e. The summed E-state index contributed by atoms with van der Waals surface area (Å²) >= 11 is 0. The fourth-order valence-electron chi connectivity index (χ4n) is 1.05. The molecule has 0 aliphatic carbocycles. The van der Waals surface area contributed by atoms with E-state index in [2.05, 4.69) is 17.8 Å². The first-order chi connectivity index (χ1) is 7.07. The Balaban J connectivity index is 4.90. The highest BCUT2D eigenvalue weighted by Gasteiger charge is 2.46. The van der Waals surface area contributed by atoms with Crippen molar-refractivity contribution < 1.29 is 17.7 Å². The number of nitrogens with one attached hydrogen (secondary N) is 1. The monoisotopic (exact) mass is 249 g/mol. The molecule has 0 aromatic heterocycles. The lowest BCUT2D eigenvalue weighted by Crippen LogP contribution is -2.68. The van der Waals surface area contributed by atoms with Gasteiger partial charge in [0.15, 0.2) is 0 Å². The average molecular weight is 249 g/mol. The molecular formula is C8H19NO4Si2. The van der Waals surface area contributed by atoms with Gasteiger partial charge < -0.3 is 17.7 Å². The molecule has 0 radical (unpaired) electrons. The Hall–Kier alpha value is -0.286. The molecule has 0 fully saturated rings. The Morgan fingerprint density at radius 3 is 1.20 bits per heavy atom. The molecule has 0 rings (SSSR count). The van der Waals surface area contributed by atoms with Crippen LogP contribution in [-0.2, 0) is 17.7 Å². The quantitative estimate of drug-likeness (QED) is 0.635. The van der Waals surface area contributed by atoms with Crippen molar-refractivity contribution in [3.05, 3.63) is 24.6 Å². The molecule has 0 aromatic carbocycles. The number of rotatable bonds is 8. The summed E-state index contributed by atoms with van der Waals surface area (Å²) in [7, 11) is 0.891. The predicted molar refractivity (Wildman–Crippen MR) is 63.1 cm³/mol. The van der Waals surface area contributed by atoms with Gasteiger partial charge >= 0.3 is 17.4 Å². The molecule has 0 saturated heterocycles. The van der Waals surface area contributed by atoms with Crippen LogP contribution in [0.3, 0.4) is 0 Å². The van der Waals surface area contributed by atoms with E-state index in [1.165, 1.54) is 0 Å². The van der Waals surface area contributed by atoms with E-state index in [-0.39, 0.29) is 0 Å². The van der Waals surface area contributed by atoms with Crippen LogP contribution >= 0.6 is 0 Å². The first-order valence-corrected chi connectivity index (χ1v) is 8.13. The first kappa shape index (κ1) is 14.7. The van der Waals surface area contributed by atoms with Crippen molar-refractivity contribution >= 4 is 17.4 Å². The van der Waals surface area contributed by atoms with Crippen LogP contribution < -0.4 is 4.65 Å². The number of hydrogen-bond acceptors (Lipinski definition) is 5. The van der Waals surface area contributed by atoms with Crippen LogP contribution in [0.1, 0.15) is 0 Å². The minimum absolute atomic E-state index is 1.55. The third-order valence-corrected chi connectivity index (χ3v) is 8.39. The van der Waals surface area contributed by atoms with Gasteiger partial charge in [-0.05, 0) is 11.4 Å². The van der Waals surface area contributed by atoms with Crippen LogP contribution in [0.5, 0.6) is 0 Å². The van der Waals surface area contributed by atoms with Gasteiger partial charge in [-0.15, -0.1) is 13.2 Å². The van der Waals surface area contributed by atoms with Gasteiger partial charge in [0, 0.05) is 28.4 Å². The maximum Gasteiger partial charge on any atom is 0.448 e. The van der Waals surface area contributed by atoms with Crippen molar-refractivity contribution in [3.8, 4) is 0 Å². The van der Waals surface area contributed by atoms with Gasteiger partial charge in [-0.2, -0.15) is 0 Å². The Kier molecular flexibility index (Phi) is 6.21. The first-order valence-electron chi connectivity index (χ1n) is 4.34. The summed E-state index contributed by atoms with van der Waals surface area (Å²) < 4.78 is 24.4. The second-order valence-corrected chi connectivity index (χ2v) is 8.80. The highest BCUT2D eigenvalue weighted by molar-refractivity contribution is 6.86. The second-order valence-electron chi connectivity index (χ2n) is 2.68. The minimum Gasteiger partial charge on any atom is -0.383 e. The van der Waals surface area contributed by atoms with E-state index in [9.17, 15) is 0 Å². The summed E-state index contributed by atoms with van der Waals surface area (Å²) in [6.07, 6.45) is 0. The Labute approximate surface area is 93.3 Å². The van der Waals surface area contributed by atoms with Gasteiger partial charge in [0.05, 0.1) is 0 Å². The molecule has 0 amide bonds. The summed E-state index contributed by atoms with van der Waals surface area (Å²) in [6, 6.07) is 0. The zero-order valence-electron chi connectivity index (χ0n) is 9.70.